The quantitative estimate of drug-likeness (QED) is 0.602. The number of nitrogens with two attached hydrogens (primary N) is 3. The number of nitrogen functional groups attached to an aromatic ring is 3. The summed E-state index contributed by atoms with van der Waals surface area (Å²) in [4.78, 5) is 2.36. The van der Waals surface area contributed by atoms with Crippen molar-refractivity contribution in [2.24, 2.45) is 0 Å². The molecule has 3 aromatic rings. The fourth-order valence-corrected chi connectivity index (χ4v) is 3.02. The third-order valence-electron chi connectivity index (χ3n) is 4.07. The monoisotopic (exact) mass is 332 g/mol. The molecule has 0 bridgehead atoms. The first-order valence-electron chi connectivity index (χ1n) is 8.34. The van der Waals surface area contributed by atoms with Gasteiger partial charge in [0.2, 0.25) is 0 Å². The molecule has 0 unspecified atom stereocenters. The van der Waals surface area contributed by atoms with Gasteiger partial charge in [0.1, 0.15) is 0 Å². The van der Waals surface area contributed by atoms with Crippen LogP contribution in [0.5, 0.6) is 0 Å². The molecule has 3 rings (SSSR count). The zero-order valence-corrected chi connectivity index (χ0v) is 14.2. The van der Waals surface area contributed by atoms with Gasteiger partial charge in [0.05, 0.1) is 0 Å². The van der Waals surface area contributed by atoms with E-state index in [9.17, 15) is 0 Å². The molecule has 0 amide bonds. The SMILES string of the molecule is Nc1cccc(CN(Cc2cccc(N)c2)Cc2cccc(N)c2)c1. The molecule has 4 heteroatoms. The number of benzene rings is 3. The zero-order valence-electron chi connectivity index (χ0n) is 14.2. The molecule has 6 N–H and O–H groups in total. The van der Waals surface area contributed by atoms with Crippen LogP contribution in [0.15, 0.2) is 72.8 Å². The van der Waals surface area contributed by atoms with Crippen molar-refractivity contribution < 1.29 is 0 Å². The Balaban J connectivity index is 1.82. The summed E-state index contributed by atoms with van der Waals surface area (Å²) in [7, 11) is 0. The maximum atomic E-state index is 5.93. The number of nitrogens with zero attached hydrogens (tertiary/aromatic N) is 1. The molecule has 25 heavy (non-hydrogen) atoms. The molecule has 128 valence electrons. The van der Waals surface area contributed by atoms with Gasteiger partial charge in [-0.3, -0.25) is 4.90 Å². The van der Waals surface area contributed by atoms with Gasteiger partial charge in [-0.2, -0.15) is 0 Å². The van der Waals surface area contributed by atoms with Crippen LogP contribution in [0.25, 0.3) is 0 Å². The lowest BCUT2D eigenvalue weighted by Crippen LogP contribution is -2.22. The molecular formula is C21H24N4. The van der Waals surface area contributed by atoms with E-state index in [0.717, 1.165) is 36.7 Å². The predicted molar refractivity (Wildman–Crippen MR) is 106 cm³/mol. The second-order valence-electron chi connectivity index (χ2n) is 6.38. The van der Waals surface area contributed by atoms with Crippen LogP contribution in [-0.4, -0.2) is 4.90 Å². The third-order valence-corrected chi connectivity index (χ3v) is 4.07. The molecule has 0 aromatic heterocycles. The fourth-order valence-electron chi connectivity index (χ4n) is 3.02. The van der Waals surface area contributed by atoms with Gasteiger partial charge in [0.15, 0.2) is 0 Å². The van der Waals surface area contributed by atoms with Crippen molar-refractivity contribution in [1.82, 2.24) is 4.90 Å². The number of anilines is 3. The van der Waals surface area contributed by atoms with Crippen LogP contribution < -0.4 is 17.2 Å². The first kappa shape index (κ1) is 16.9. The van der Waals surface area contributed by atoms with E-state index in [1.54, 1.807) is 0 Å². The molecule has 0 atom stereocenters. The lowest BCUT2D eigenvalue weighted by Gasteiger charge is -2.23. The summed E-state index contributed by atoms with van der Waals surface area (Å²) in [5, 5.41) is 0. The van der Waals surface area contributed by atoms with E-state index in [1.807, 2.05) is 54.6 Å². The van der Waals surface area contributed by atoms with Gasteiger partial charge in [-0.15, -0.1) is 0 Å². The molecule has 0 aliphatic carbocycles. The largest absolute Gasteiger partial charge is 0.399 e. The smallest absolute Gasteiger partial charge is 0.0317 e. The van der Waals surface area contributed by atoms with E-state index in [4.69, 9.17) is 17.2 Å². The Morgan fingerprint density at radius 2 is 0.840 bits per heavy atom. The van der Waals surface area contributed by atoms with Crippen LogP contribution in [0, 0.1) is 0 Å². The molecule has 0 saturated heterocycles. The Hall–Kier alpha value is -2.98. The lowest BCUT2D eigenvalue weighted by molar-refractivity contribution is 0.248. The van der Waals surface area contributed by atoms with Gasteiger partial charge in [0.25, 0.3) is 0 Å². The maximum Gasteiger partial charge on any atom is 0.0317 e. The molecule has 0 spiro atoms. The third kappa shape index (κ3) is 4.99. The summed E-state index contributed by atoms with van der Waals surface area (Å²) >= 11 is 0. The molecule has 4 nitrogen and oxygen atoms in total. The molecule has 0 heterocycles. The molecule has 0 radical (unpaired) electrons. The average molecular weight is 332 g/mol. The molecule has 0 aliphatic heterocycles. The normalized spacial score (nSPS) is 10.9. The lowest BCUT2D eigenvalue weighted by atomic mass is 10.1. The molecule has 3 aromatic carbocycles. The summed E-state index contributed by atoms with van der Waals surface area (Å²) in [5.74, 6) is 0. The first-order chi connectivity index (χ1) is 12.1. The summed E-state index contributed by atoms with van der Waals surface area (Å²) in [5.41, 5.74) is 23.7. The fraction of sp³-hybridized carbons (Fsp3) is 0.143. The van der Waals surface area contributed by atoms with Crippen LogP contribution in [0.1, 0.15) is 16.7 Å². The van der Waals surface area contributed by atoms with Crippen molar-refractivity contribution in [3.05, 3.63) is 89.5 Å². The van der Waals surface area contributed by atoms with Crippen LogP contribution in [-0.2, 0) is 19.6 Å². The standard InChI is InChI=1S/C21H24N4/c22-19-7-1-4-16(10-19)13-25(14-17-5-2-8-20(23)11-17)15-18-6-3-9-21(24)12-18/h1-12H,13-15,22-24H2. The van der Waals surface area contributed by atoms with Gasteiger partial charge in [0, 0.05) is 36.7 Å². The van der Waals surface area contributed by atoms with Gasteiger partial charge in [-0.25, -0.2) is 0 Å². The van der Waals surface area contributed by atoms with Crippen molar-refractivity contribution >= 4 is 17.1 Å². The highest BCUT2D eigenvalue weighted by Crippen LogP contribution is 2.18. The van der Waals surface area contributed by atoms with Crippen molar-refractivity contribution in [2.75, 3.05) is 17.2 Å². The summed E-state index contributed by atoms with van der Waals surface area (Å²) in [6.45, 7) is 2.40. The summed E-state index contributed by atoms with van der Waals surface area (Å²) in [6, 6.07) is 24.0. The number of hydrogen-bond acceptors (Lipinski definition) is 4. The molecule has 0 aliphatic rings. The van der Waals surface area contributed by atoms with Crippen molar-refractivity contribution in [1.29, 1.82) is 0 Å². The van der Waals surface area contributed by atoms with Gasteiger partial charge in [-0.05, 0) is 53.1 Å². The minimum Gasteiger partial charge on any atom is -0.399 e. The van der Waals surface area contributed by atoms with E-state index >= 15 is 0 Å². The molecular weight excluding hydrogens is 308 g/mol. The number of rotatable bonds is 6. The molecule has 0 saturated carbocycles. The van der Waals surface area contributed by atoms with Crippen molar-refractivity contribution in [2.45, 2.75) is 19.6 Å². The van der Waals surface area contributed by atoms with E-state index in [-0.39, 0.29) is 0 Å². The second kappa shape index (κ2) is 7.73. The Morgan fingerprint density at radius 1 is 0.520 bits per heavy atom. The minimum absolute atomic E-state index is 0.783. The maximum absolute atomic E-state index is 5.93. The Morgan fingerprint density at radius 3 is 1.12 bits per heavy atom. The van der Waals surface area contributed by atoms with Crippen LogP contribution in [0.3, 0.4) is 0 Å². The van der Waals surface area contributed by atoms with E-state index < -0.39 is 0 Å². The first-order valence-corrected chi connectivity index (χ1v) is 8.34. The van der Waals surface area contributed by atoms with E-state index in [2.05, 4.69) is 23.1 Å². The van der Waals surface area contributed by atoms with Crippen LogP contribution in [0.2, 0.25) is 0 Å². The Kier molecular flexibility index (Phi) is 5.21. The van der Waals surface area contributed by atoms with Crippen molar-refractivity contribution in [3.8, 4) is 0 Å². The average Bonchev–Trinajstić information content (AvgIpc) is 2.55. The zero-order chi connectivity index (χ0) is 17.6. The predicted octanol–water partition coefficient (Wildman–Crippen LogP) is 3.64. The number of hydrogen-bond donors (Lipinski definition) is 3. The van der Waals surface area contributed by atoms with E-state index in [1.165, 1.54) is 16.7 Å². The molecule has 0 fully saturated rings. The highest BCUT2D eigenvalue weighted by molar-refractivity contribution is 5.42. The topological polar surface area (TPSA) is 81.3 Å². The summed E-state index contributed by atoms with van der Waals surface area (Å²) < 4.78 is 0. The second-order valence-corrected chi connectivity index (χ2v) is 6.38. The minimum atomic E-state index is 0.783. The Bertz CT molecular complexity index is 732. The van der Waals surface area contributed by atoms with Gasteiger partial charge >= 0.3 is 0 Å². The van der Waals surface area contributed by atoms with Crippen molar-refractivity contribution in [3.63, 3.8) is 0 Å². The van der Waals surface area contributed by atoms with E-state index in [0.29, 0.717) is 0 Å². The Labute approximate surface area is 148 Å². The van der Waals surface area contributed by atoms with Crippen LogP contribution in [0.4, 0.5) is 17.1 Å². The highest BCUT2D eigenvalue weighted by atomic mass is 15.1. The van der Waals surface area contributed by atoms with Crippen LogP contribution >= 0.6 is 0 Å². The summed E-state index contributed by atoms with van der Waals surface area (Å²) in [6.07, 6.45) is 0. The highest BCUT2D eigenvalue weighted by Gasteiger charge is 2.09. The van der Waals surface area contributed by atoms with Gasteiger partial charge in [-0.1, -0.05) is 36.4 Å². The van der Waals surface area contributed by atoms with Gasteiger partial charge < -0.3 is 17.2 Å².